The van der Waals surface area contributed by atoms with E-state index in [-0.39, 0.29) is 5.54 Å². The maximum atomic E-state index is 5.22. The molecule has 0 aromatic heterocycles. The van der Waals surface area contributed by atoms with Gasteiger partial charge in [0.1, 0.15) is 0 Å². The Bertz CT molecular complexity index is 409. The van der Waals surface area contributed by atoms with Gasteiger partial charge in [-0.05, 0) is 25.3 Å². The average Bonchev–Trinajstić information content (AvgIpc) is 2.51. The number of ether oxygens (including phenoxy) is 1. The van der Waals surface area contributed by atoms with Crippen LogP contribution in [0.25, 0.3) is 0 Å². The predicted octanol–water partition coefficient (Wildman–Crippen LogP) is 3.01. The summed E-state index contributed by atoms with van der Waals surface area (Å²) in [5, 5.41) is 3.79. The summed E-state index contributed by atoms with van der Waals surface area (Å²) in [5.41, 5.74) is 1.44. The van der Waals surface area contributed by atoms with Gasteiger partial charge in [0.25, 0.3) is 0 Å². The van der Waals surface area contributed by atoms with Gasteiger partial charge in [-0.2, -0.15) is 0 Å². The lowest BCUT2D eigenvalue weighted by Gasteiger charge is -2.46. The minimum atomic E-state index is 0.0541. The summed E-state index contributed by atoms with van der Waals surface area (Å²) < 4.78 is 5.22. The molecule has 0 spiro atoms. The van der Waals surface area contributed by atoms with Crippen LogP contribution in [0.5, 0.6) is 0 Å². The standard InChI is InChI=1S/C18H30N2O/c1-4-9-17-14-19-18(2,16-10-6-5-7-11-16)15-20(17)12-8-13-21-3/h5-7,10-11,17,19H,4,8-9,12-15H2,1-3H3. The smallest absolute Gasteiger partial charge is 0.0535 e. The van der Waals surface area contributed by atoms with Crippen molar-refractivity contribution in [1.29, 1.82) is 0 Å². The van der Waals surface area contributed by atoms with Crippen LogP contribution in [0.15, 0.2) is 30.3 Å². The maximum absolute atomic E-state index is 5.22. The van der Waals surface area contributed by atoms with Crippen LogP contribution in [0.1, 0.15) is 38.7 Å². The highest BCUT2D eigenvalue weighted by molar-refractivity contribution is 5.25. The van der Waals surface area contributed by atoms with Crippen molar-refractivity contribution in [2.75, 3.05) is 33.4 Å². The third-order valence-electron chi connectivity index (χ3n) is 4.59. The monoisotopic (exact) mass is 290 g/mol. The normalized spacial score (nSPS) is 26.9. The number of piperazine rings is 1. The van der Waals surface area contributed by atoms with Gasteiger partial charge in [-0.25, -0.2) is 0 Å². The second kappa shape index (κ2) is 7.92. The molecule has 0 radical (unpaired) electrons. The Labute approximate surface area is 129 Å². The Morgan fingerprint density at radius 2 is 2.10 bits per heavy atom. The molecule has 1 N–H and O–H groups in total. The van der Waals surface area contributed by atoms with Crippen LogP contribution >= 0.6 is 0 Å². The second-order valence-electron chi connectivity index (χ2n) is 6.34. The summed E-state index contributed by atoms with van der Waals surface area (Å²) in [6.07, 6.45) is 3.63. The molecule has 1 aromatic carbocycles. The van der Waals surface area contributed by atoms with Gasteiger partial charge in [-0.1, -0.05) is 43.7 Å². The quantitative estimate of drug-likeness (QED) is 0.781. The Kier molecular flexibility index (Phi) is 6.22. The van der Waals surface area contributed by atoms with E-state index in [2.05, 4.69) is 54.4 Å². The summed E-state index contributed by atoms with van der Waals surface area (Å²) in [6, 6.07) is 11.5. The minimum absolute atomic E-state index is 0.0541. The number of benzene rings is 1. The molecule has 1 aliphatic heterocycles. The lowest BCUT2D eigenvalue weighted by molar-refractivity contribution is 0.0699. The van der Waals surface area contributed by atoms with Gasteiger partial charge in [0.15, 0.2) is 0 Å². The Hall–Kier alpha value is -0.900. The lowest BCUT2D eigenvalue weighted by Crippen LogP contribution is -2.61. The van der Waals surface area contributed by atoms with E-state index in [1.807, 2.05) is 0 Å². The van der Waals surface area contributed by atoms with Crippen LogP contribution < -0.4 is 5.32 Å². The molecule has 1 saturated heterocycles. The SMILES string of the molecule is CCCC1CNC(C)(c2ccccc2)CN1CCCOC. The van der Waals surface area contributed by atoms with Crippen molar-refractivity contribution >= 4 is 0 Å². The fourth-order valence-corrected chi connectivity index (χ4v) is 3.35. The summed E-state index contributed by atoms with van der Waals surface area (Å²) in [4.78, 5) is 2.66. The summed E-state index contributed by atoms with van der Waals surface area (Å²) in [5.74, 6) is 0. The van der Waals surface area contributed by atoms with E-state index in [1.54, 1.807) is 7.11 Å². The number of rotatable bonds is 7. The second-order valence-corrected chi connectivity index (χ2v) is 6.34. The number of nitrogens with one attached hydrogen (secondary N) is 1. The fourth-order valence-electron chi connectivity index (χ4n) is 3.35. The predicted molar refractivity (Wildman–Crippen MR) is 88.6 cm³/mol. The molecule has 0 aliphatic carbocycles. The molecule has 1 fully saturated rings. The molecule has 1 aromatic rings. The zero-order valence-electron chi connectivity index (χ0n) is 13.8. The van der Waals surface area contributed by atoms with Crippen LogP contribution in [-0.4, -0.2) is 44.3 Å². The van der Waals surface area contributed by atoms with Crippen molar-refractivity contribution in [3.8, 4) is 0 Å². The number of methoxy groups -OCH3 is 1. The molecule has 3 heteroatoms. The minimum Gasteiger partial charge on any atom is -0.385 e. The highest BCUT2D eigenvalue weighted by Gasteiger charge is 2.36. The van der Waals surface area contributed by atoms with E-state index in [0.717, 1.165) is 32.7 Å². The van der Waals surface area contributed by atoms with Crippen molar-refractivity contribution in [3.63, 3.8) is 0 Å². The maximum Gasteiger partial charge on any atom is 0.0535 e. The van der Waals surface area contributed by atoms with E-state index in [9.17, 15) is 0 Å². The van der Waals surface area contributed by atoms with E-state index >= 15 is 0 Å². The Morgan fingerprint density at radius 1 is 1.33 bits per heavy atom. The molecule has 0 amide bonds. The van der Waals surface area contributed by atoms with Gasteiger partial charge in [-0.3, -0.25) is 4.90 Å². The van der Waals surface area contributed by atoms with E-state index in [1.165, 1.54) is 18.4 Å². The van der Waals surface area contributed by atoms with Gasteiger partial charge in [0.2, 0.25) is 0 Å². The molecule has 3 nitrogen and oxygen atoms in total. The van der Waals surface area contributed by atoms with Crippen molar-refractivity contribution < 1.29 is 4.74 Å². The van der Waals surface area contributed by atoms with Gasteiger partial charge in [0, 0.05) is 39.4 Å². The van der Waals surface area contributed by atoms with Crippen molar-refractivity contribution in [2.24, 2.45) is 0 Å². The van der Waals surface area contributed by atoms with Crippen LogP contribution in [0.4, 0.5) is 0 Å². The Morgan fingerprint density at radius 3 is 2.76 bits per heavy atom. The zero-order chi connectivity index (χ0) is 15.1. The summed E-state index contributed by atoms with van der Waals surface area (Å²) >= 11 is 0. The van der Waals surface area contributed by atoms with Crippen LogP contribution in [0, 0.1) is 0 Å². The van der Waals surface area contributed by atoms with E-state index in [4.69, 9.17) is 4.74 Å². The Balaban J connectivity index is 2.06. The molecule has 2 atom stereocenters. The third kappa shape index (κ3) is 4.29. The number of nitrogens with zero attached hydrogens (tertiary/aromatic N) is 1. The van der Waals surface area contributed by atoms with E-state index < -0.39 is 0 Å². The average molecular weight is 290 g/mol. The highest BCUT2D eigenvalue weighted by Crippen LogP contribution is 2.27. The molecule has 0 saturated carbocycles. The first-order chi connectivity index (χ1) is 10.2. The van der Waals surface area contributed by atoms with Gasteiger partial charge < -0.3 is 10.1 Å². The van der Waals surface area contributed by atoms with Crippen molar-refractivity contribution in [1.82, 2.24) is 10.2 Å². The molecule has 2 rings (SSSR count). The number of hydrogen-bond donors (Lipinski definition) is 1. The first-order valence-corrected chi connectivity index (χ1v) is 8.23. The summed E-state index contributed by atoms with van der Waals surface area (Å²) in [6.45, 7) is 8.73. The molecule has 1 aliphatic rings. The third-order valence-corrected chi connectivity index (χ3v) is 4.59. The molecule has 1 heterocycles. The van der Waals surface area contributed by atoms with E-state index in [0.29, 0.717) is 6.04 Å². The molecular weight excluding hydrogens is 260 g/mol. The molecule has 2 unspecified atom stereocenters. The van der Waals surface area contributed by atoms with Crippen LogP contribution in [-0.2, 0) is 10.3 Å². The lowest BCUT2D eigenvalue weighted by atomic mass is 9.87. The number of hydrogen-bond acceptors (Lipinski definition) is 3. The first-order valence-electron chi connectivity index (χ1n) is 8.23. The topological polar surface area (TPSA) is 24.5 Å². The summed E-state index contributed by atoms with van der Waals surface area (Å²) in [7, 11) is 1.79. The largest absolute Gasteiger partial charge is 0.385 e. The van der Waals surface area contributed by atoms with Crippen molar-refractivity contribution in [2.45, 2.75) is 44.7 Å². The molecule has 118 valence electrons. The van der Waals surface area contributed by atoms with Crippen LogP contribution in [0.3, 0.4) is 0 Å². The highest BCUT2D eigenvalue weighted by atomic mass is 16.5. The van der Waals surface area contributed by atoms with Gasteiger partial charge >= 0.3 is 0 Å². The fraction of sp³-hybridized carbons (Fsp3) is 0.667. The van der Waals surface area contributed by atoms with Crippen LogP contribution in [0.2, 0.25) is 0 Å². The molecular formula is C18H30N2O. The molecule has 21 heavy (non-hydrogen) atoms. The van der Waals surface area contributed by atoms with Crippen molar-refractivity contribution in [3.05, 3.63) is 35.9 Å². The first kappa shape index (κ1) is 16.5. The zero-order valence-corrected chi connectivity index (χ0v) is 13.8. The molecule has 0 bridgehead atoms. The van der Waals surface area contributed by atoms with Gasteiger partial charge in [-0.15, -0.1) is 0 Å². The van der Waals surface area contributed by atoms with Gasteiger partial charge in [0.05, 0.1) is 5.54 Å².